The van der Waals surface area contributed by atoms with Crippen LogP contribution in [-0.2, 0) is 36.2 Å². The Hall–Kier alpha value is -4.86. The standard InChI is InChI=1S/C78H91N3O8S4/c79-74(80)61-33-50-7-5-9-68-58(21-26-81-68)71(86)35-63-59(50)34-53(61)42-90-91-43-55-39-76(25-20-56(83)16-11-46-13-18-70(85)72(30-46)89-27-22-47-12-17-69(84)64(63)28-47)45-78(55,88)73-19-15-54(76)31-52-38-77(87)36-48(10-14-51-37-75(40-67(51)77)23-3-4-24-75)29-62-60(52)32-49-6-1-2-8-57(49)65(41-82)66(62)44-92-93-73/h1-2,6,8,12-13,15,17-21,25-26,28,30,33-34,48,51-52,54-55,60,62-63,65-67,73-74,81-82,84-85,87-88H,3-4,9-11,14,16,22-24,27,29,31-32,35-45,79-80H2/b25-20+/t48-,51-,52+,54+,55-,60+,62-,63-,65-,66+,67+,73-,76+,77+,78-/m1/s1. The molecule has 5 saturated carbocycles. The lowest BCUT2D eigenvalue weighted by molar-refractivity contribution is -0.114. The number of ether oxygens (including phenoxy) is 1. The molecular weight excluding hydrogens is 1240 g/mol. The Morgan fingerprint density at radius 1 is 0.753 bits per heavy atom. The number of aliphatic hydroxyl groups is 3. The molecule has 5 fully saturated rings. The number of ketones is 2. The fourth-order valence-corrected chi connectivity index (χ4v) is 26.5. The normalized spacial score (nSPS) is 35.2. The summed E-state index contributed by atoms with van der Waals surface area (Å²) >= 11 is 0. The van der Waals surface area contributed by atoms with E-state index in [2.05, 4.69) is 65.4 Å². The number of fused-ring (bicyclic) bond motifs is 18. The summed E-state index contributed by atoms with van der Waals surface area (Å²) in [4.78, 5) is 32.5. The van der Waals surface area contributed by atoms with Gasteiger partial charge in [-0.15, -0.1) is 0 Å². The molecule has 5 aromatic rings. The second-order valence-corrected chi connectivity index (χ2v) is 35.3. The van der Waals surface area contributed by atoms with Gasteiger partial charge in [-0.25, -0.2) is 0 Å². The number of carbonyl (C=O) groups excluding carboxylic acids is 2. The number of hydrogen-bond donors (Lipinski definition) is 8. The Morgan fingerprint density at radius 2 is 1.59 bits per heavy atom. The molecule has 0 radical (unpaired) electrons. The lowest BCUT2D eigenvalue weighted by Crippen LogP contribution is -2.48. The van der Waals surface area contributed by atoms with Crippen LogP contribution < -0.4 is 16.2 Å². The molecule has 10 N–H and O–H groups in total. The lowest BCUT2D eigenvalue weighted by atomic mass is 9.58. The van der Waals surface area contributed by atoms with Gasteiger partial charge in [0.05, 0.1) is 42.3 Å². The lowest BCUT2D eigenvalue weighted by Gasteiger charge is -2.49. The van der Waals surface area contributed by atoms with E-state index in [0.717, 1.165) is 77.8 Å². The topological polar surface area (TPSA) is 212 Å². The number of aliphatic hydroxyl groups excluding tert-OH is 1. The van der Waals surface area contributed by atoms with Gasteiger partial charge in [0, 0.05) is 76.9 Å². The van der Waals surface area contributed by atoms with Crippen molar-refractivity contribution in [3.63, 3.8) is 0 Å². The molecule has 0 saturated heterocycles. The van der Waals surface area contributed by atoms with Gasteiger partial charge in [0.15, 0.2) is 23.1 Å². The predicted octanol–water partition coefficient (Wildman–Crippen LogP) is 14.4. The van der Waals surface area contributed by atoms with Crippen molar-refractivity contribution >= 4 is 54.7 Å². The van der Waals surface area contributed by atoms with Crippen molar-refractivity contribution in [3.8, 4) is 29.1 Å². The number of aromatic amines is 1. The van der Waals surface area contributed by atoms with Crippen LogP contribution in [0.4, 0.5) is 0 Å². The minimum Gasteiger partial charge on any atom is -0.508 e. The van der Waals surface area contributed by atoms with E-state index < -0.39 is 28.7 Å². The first-order valence-corrected chi connectivity index (χ1v) is 39.6. The number of nitrogens with two attached hydrogens (primary N) is 2. The van der Waals surface area contributed by atoms with E-state index >= 15 is 0 Å². The second-order valence-electron chi connectivity index (χ2n) is 30.3. The third-order valence-electron chi connectivity index (χ3n) is 25.1. The number of Topliss-reactive ketones (excluding diaryl/α,β-unsaturated/α-hetero) is 1. The Bertz CT molecular complexity index is 3790. The van der Waals surface area contributed by atoms with E-state index in [-0.39, 0.29) is 95.8 Å². The zero-order valence-electron chi connectivity index (χ0n) is 53.3. The highest BCUT2D eigenvalue weighted by atomic mass is 33.1. The molecule has 490 valence electrons. The molecule has 10 aliphatic rings. The molecule has 0 unspecified atom stereocenters. The van der Waals surface area contributed by atoms with Gasteiger partial charge in [0.25, 0.3) is 0 Å². The van der Waals surface area contributed by atoms with E-state index in [4.69, 9.17) is 16.2 Å². The maximum Gasteiger partial charge on any atom is 0.165 e. The SMILES string of the molecule is NC(N)c1cc2c3cc1CSSC[C@H]1C[C@@]4(/C=C/C(=O)CCc5ccc(O)c(c5)OCCc5ccc(O)c(c5)[C@@H]3CC(=O)c3cc[nH]c3CC#C2)C[C@]1(O)[C@H]1C=C[C@H]4C[C@H]2C[C@@]3(O)C[C@H](CC[C@@H]4CC5(CCCC5)C[C@@H]43)C[C@@H]3[C@H]2Cc2ccccc2[C@@H](CO)[C@H]3CSS1. The summed E-state index contributed by atoms with van der Waals surface area (Å²) < 4.78 is 6.34. The number of hydrogen-bond acceptors (Lipinski definition) is 14. The first-order valence-electron chi connectivity index (χ1n) is 34.8. The number of allylic oxidation sites excluding steroid dienone is 3. The molecule has 2 spiro atoms. The number of phenolic OH excluding ortho intramolecular Hbond substituents is 2. The van der Waals surface area contributed by atoms with Gasteiger partial charge >= 0.3 is 0 Å². The molecule has 93 heavy (non-hydrogen) atoms. The highest BCUT2D eigenvalue weighted by Crippen LogP contribution is 2.67. The molecule has 8 aliphatic carbocycles. The van der Waals surface area contributed by atoms with E-state index in [1.165, 1.54) is 56.1 Å². The molecular formula is C78H91N3O8S4. The van der Waals surface area contributed by atoms with Crippen molar-refractivity contribution in [2.24, 2.45) is 75.6 Å². The van der Waals surface area contributed by atoms with Crippen molar-refractivity contribution in [1.82, 2.24) is 4.98 Å². The number of rotatable bonds is 2. The first kappa shape index (κ1) is 64.2. The van der Waals surface area contributed by atoms with Crippen molar-refractivity contribution in [2.75, 3.05) is 24.7 Å². The highest BCUT2D eigenvalue weighted by molar-refractivity contribution is 8.77. The molecule has 3 heterocycles. The van der Waals surface area contributed by atoms with Crippen LogP contribution in [-0.4, -0.2) is 83.3 Å². The van der Waals surface area contributed by atoms with Crippen LogP contribution in [0.1, 0.15) is 187 Å². The largest absolute Gasteiger partial charge is 0.508 e. The van der Waals surface area contributed by atoms with Gasteiger partial charge in [0.1, 0.15) is 5.75 Å². The summed E-state index contributed by atoms with van der Waals surface area (Å²) in [7, 11) is 7.16. The summed E-state index contributed by atoms with van der Waals surface area (Å²) in [5, 5.41) is 62.7. The smallest absolute Gasteiger partial charge is 0.165 e. The van der Waals surface area contributed by atoms with Crippen LogP contribution >= 0.6 is 43.2 Å². The zero-order valence-corrected chi connectivity index (χ0v) is 56.6. The Labute approximate surface area is 564 Å². The number of nitrogens with one attached hydrogen (secondary N) is 1. The molecule has 1 aromatic heterocycles. The van der Waals surface area contributed by atoms with Gasteiger partial charge in [0.2, 0.25) is 0 Å². The molecule has 15 rings (SSSR count). The second kappa shape index (κ2) is 26.2. The number of phenols is 2. The summed E-state index contributed by atoms with van der Waals surface area (Å²) in [6.45, 7) is 0.297. The number of aryl methyl sites for hydroxylation is 1. The van der Waals surface area contributed by atoms with Gasteiger partial charge in [-0.05, 0) is 223 Å². The number of aromatic hydroxyl groups is 2. The van der Waals surface area contributed by atoms with Crippen molar-refractivity contribution in [1.29, 1.82) is 0 Å². The fraction of sp³-hybridized carbons (Fsp3) is 0.538. The van der Waals surface area contributed by atoms with Crippen molar-refractivity contribution in [2.45, 2.75) is 169 Å². The summed E-state index contributed by atoms with van der Waals surface area (Å²) in [6, 6.07) is 25.7. The Morgan fingerprint density at radius 3 is 2.44 bits per heavy atom. The quantitative estimate of drug-likeness (QED) is 0.0358. The minimum absolute atomic E-state index is 0.00137. The third-order valence-corrected chi connectivity index (χ3v) is 30.4. The van der Waals surface area contributed by atoms with E-state index in [0.29, 0.717) is 89.2 Å². The van der Waals surface area contributed by atoms with Crippen LogP contribution in [0.25, 0.3) is 0 Å². The Balaban J connectivity index is 0.823. The van der Waals surface area contributed by atoms with E-state index in [1.807, 2.05) is 64.1 Å². The monoisotopic (exact) mass is 1330 g/mol. The average molecular weight is 1330 g/mol. The van der Waals surface area contributed by atoms with E-state index in [9.17, 15) is 35.1 Å². The van der Waals surface area contributed by atoms with Crippen molar-refractivity contribution in [3.05, 3.63) is 171 Å². The molecule has 15 atom stereocenters. The molecule has 0 amide bonds. The zero-order chi connectivity index (χ0) is 63.8. The number of aromatic nitrogens is 1. The maximum atomic E-state index is 14.7. The third kappa shape index (κ3) is 12.4. The van der Waals surface area contributed by atoms with Gasteiger partial charge in [-0.2, -0.15) is 0 Å². The maximum absolute atomic E-state index is 14.7. The van der Waals surface area contributed by atoms with Crippen LogP contribution in [0.2, 0.25) is 0 Å². The highest BCUT2D eigenvalue weighted by Gasteiger charge is 2.62. The molecule has 4 aromatic carbocycles. The number of carbonyl (C=O) groups is 2. The summed E-state index contributed by atoms with van der Waals surface area (Å²) in [5.74, 6) is 10.5. The van der Waals surface area contributed by atoms with Crippen LogP contribution in [0.3, 0.4) is 0 Å². The first-order chi connectivity index (χ1) is 45.1. The number of benzene rings is 4. The van der Waals surface area contributed by atoms with Crippen LogP contribution in [0.15, 0.2) is 109 Å². The summed E-state index contributed by atoms with van der Waals surface area (Å²) in [5.41, 5.74) is 20.7. The van der Waals surface area contributed by atoms with E-state index in [1.54, 1.807) is 39.9 Å². The minimum atomic E-state index is -1.15. The molecule has 2 aliphatic heterocycles. The Kier molecular flexibility index (Phi) is 18.1. The number of H-pyrrole nitrogens is 1. The van der Waals surface area contributed by atoms with Gasteiger partial charge in [-0.3, -0.25) is 9.59 Å². The molecule has 11 nitrogen and oxygen atoms in total. The van der Waals surface area contributed by atoms with Crippen LogP contribution in [0.5, 0.6) is 17.2 Å². The van der Waals surface area contributed by atoms with Crippen molar-refractivity contribution < 1.29 is 39.9 Å². The van der Waals surface area contributed by atoms with Crippen LogP contribution in [0, 0.1) is 75.9 Å². The molecule has 17 bridgehead atoms. The van der Waals surface area contributed by atoms with Gasteiger partial charge < -0.3 is 46.7 Å². The predicted molar refractivity (Wildman–Crippen MR) is 375 cm³/mol. The fourth-order valence-electron chi connectivity index (χ4n) is 20.7. The molecule has 15 heteroatoms. The van der Waals surface area contributed by atoms with Gasteiger partial charge in [-0.1, -0.05) is 141 Å². The summed E-state index contributed by atoms with van der Waals surface area (Å²) in [6.07, 6.45) is 27.0. The average Bonchev–Trinajstić information content (AvgIpc) is 1.58.